The van der Waals surface area contributed by atoms with Crippen molar-refractivity contribution in [1.29, 1.82) is 0 Å². The zero-order valence-corrected chi connectivity index (χ0v) is 8.18. The highest BCUT2D eigenvalue weighted by atomic mass is 14.8. The number of rotatable bonds is 3. The minimum Gasteiger partial charge on any atom is -0.363 e. The SMILES string of the molecule is [B]NC(CC)C1CCCCCC1. The summed E-state index contributed by atoms with van der Waals surface area (Å²) in [6, 6.07) is 0.558. The Kier molecular flexibility index (Phi) is 4.74. The Bertz CT molecular complexity index is 104. The van der Waals surface area contributed by atoms with E-state index in [-0.39, 0.29) is 0 Å². The molecule has 1 saturated carbocycles. The molecule has 0 aromatic carbocycles. The molecular weight excluding hydrogens is 145 g/mol. The molecule has 0 aromatic heterocycles. The molecule has 0 amide bonds. The first-order valence-electron chi connectivity index (χ1n) is 5.34. The molecule has 0 aromatic rings. The molecule has 1 atom stereocenters. The van der Waals surface area contributed by atoms with Gasteiger partial charge in [-0.3, -0.25) is 0 Å². The molecule has 0 spiro atoms. The summed E-state index contributed by atoms with van der Waals surface area (Å²) in [4.78, 5) is 0. The summed E-state index contributed by atoms with van der Waals surface area (Å²) in [6.45, 7) is 2.22. The summed E-state index contributed by atoms with van der Waals surface area (Å²) in [5, 5.41) is 2.95. The Morgan fingerprint density at radius 2 is 1.83 bits per heavy atom. The monoisotopic (exact) mass is 165 g/mol. The highest BCUT2D eigenvalue weighted by Crippen LogP contribution is 2.26. The molecule has 68 valence electrons. The predicted octanol–water partition coefficient (Wildman–Crippen LogP) is 2.41. The summed E-state index contributed by atoms with van der Waals surface area (Å²) < 4.78 is 0. The average molecular weight is 165 g/mol. The van der Waals surface area contributed by atoms with E-state index >= 15 is 0 Å². The van der Waals surface area contributed by atoms with Crippen LogP contribution in [0.5, 0.6) is 0 Å². The summed E-state index contributed by atoms with van der Waals surface area (Å²) in [5.74, 6) is 0.836. The van der Waals surface area contributed by atoms with Gasteiger partial charge >= 0.3 is 0 Å². The molecule has 12 heavy (non-hydrogen) atoms. The molecule has 1 N–H and O–H groups in total. The maximum atomic E-state index is 5.52. The van der Waals surface area contributed by atoms with E-state index in [0.29, 0.717) is 6.04 Å². The van der Waals surface area contributed by atoms with Crippen LogP contribution in [0.2, 0.25) is 0 Å². The first kappa shape index (κ1) is 10.1. The van der Waals surface area contributed by atoms with Crippen LogP contribution in [0.25, 0.3) is 0 Å². The summed E-state index contributed by atoms with van der Waals surface area (Å²) in [7, 11) is 5.52. The molecule has 1 aliphatic carbocycles. The van der Waals surface area contributed by atoms with Crippen LogP contribution in [0.4, 0.5) is 0 Å². The fraction of sp³-hybridized carbons (Fsp3) is 1.00. The Morgan fingerprint density at radius 1 is 1.25 bits per heavy atom. The topological polar surface area (TPSA) is 12.0 Å². The van der Waals surface area contributed by atoms with E-state index in [2.05, 4.69) is 12.2 Å². The third-order valence-corrected chi connectivity index (χ3v) is 3.12. The maximum Gasteiger partial charge on any atom is 0.178 e. The Hall–Kier alpha value is 0.0249. The average Bonchev–Trinajstić information content (AvgIpc) is 2.35. The molecule has 1 nitrogen and oxygen atoms in total. The highest BCUT2D eigenvalue weighted by Gasteiger charge is 2.18. The van der Waals surface area contributed by atoms with Crippen molar-refractivity contribution in [2.24, 2.45) is 5.92 Å². The molecule has 1 fully saturated rings. The van der Waals surface area contributed by atoms with Crippen molar-refractivity contribution in [1.82, 2.24) is 5.23 Å². The van der Waals surface area contributed by atoms with Crippen LogP contribution in [-0.2, 0) is 0 Å². The fourth-order valence-electron chi connectivity index (χ4n) is 2.30. The lowest BCUT2D eigenvalue weighted by Gasteiger charge is -2.24. The third-order valence-electron chi connectivity index (χ3n) is 3.12. The van der Waals surface area contributed by atoms with Crippen molar-refractivity contribution in [2.75, 3.05) is 0 Å². The lowest BCUT2D eigenvalue weighted by molar-refractivity contribution is 0.348. The normalized spacial score (nSPS) is 23.4. The van der Waals surface area contributed by atoms with E-state index < -0.39 is 0 Å². The Morgan fingerprint density at radius 3 is 2.25 bits per heavy atom. The van der Waals surface area contributed by atoms with Crippen LogP contribution in [0.15, 0.2) is 0 Å². The van der Waals surface area contributed by atoms with Crippen LogP contribution in [0.1, 0.15) is 51.9 Å². The number of nitrogens with one attached hydrogen (secondary N) is 1. The molecular formula is C10H20BN. The van der Waals surface area contributed by atoms with Crippen LogP contribution < -0.4 is 5.23 Å². The summed E-state index contributed by atoms with van der Waals surface area (Å²) in [5.41, 5.74) is 0. The second kappa shape index (κ2) is 5.63. The van der Waals surface area contributed by atoms with Crippen LogP contribution in [-0.4, -0.2) is 14.0 Å². The highest BCUT2D eigenvalue weighted by molar-refractivity contribution is 6.04. The molecule has 1 aliphatic rings. The van der Waals surface area contributed by atoms with E-state index in [1.165, 1.54) is 44.9 Å². The number of hydrogen-bond acceptors (Lipinski definition) is 1. The largest absolute Gasteiger partial charge is 0.363 e. The van der Waals surface area contributed by atoms with Gasteiger partial charge in [-0.1, -0.05) is 32.6 Å². The van der Waals surface area contributed by atoms with Gasteiger partial charge in [0.2, 0.25) is 0 Å². The minimum atomic E-state index is 0.558. The Labute approximate surface area is 77.7 Å². The van der Waals surface area contributed by atoms with Crippen LogP contribution in [0.3, 0.4) is 0 Å². The first-order valence-corrected chi connectivity index (χ1v) is 5.34. The van der Waals surface area contributed by atoms with Gasteiger partial charge in [-0.2, -0.15) is 0 Å². The van der Waals surface area contributed by atoms with E-state index in [4.69, 9.17) is 7.98 Å². The standard InChI is InChI=1S/C10H20BN/c1-2-10(12-11)9-7-5-3-4-6-8-9/h9-10,12H,2-8H2,1H3. The smallest absolute Gasteiger partial charge is 0.178 e. The zero-order valence-electron chi connectivity index (χ0n) is 8.18. The lowest BCUT2D eigenvalue weighted by Crippen LogP contribution is -2.33. The molecule has 0 bridgehead atoms. The minimum absolute atomic E-state index is 0.558. The van der Waals surface area contributed by atoms with E-state index in [0.717, 1.165) is 5.92 Å². The van der Waals surface area contributed by atoms with Gasteiger partial charge in [-0.05, 0) is 31.2 Å². The Balaban J connectivity index is 2.35. The van der Waals surface area contributed by atoms with Crippen LogP contribution in [0, 0.1) is 5.92 Å². The van der Waals surface area contributed by atoms with Crippen molar-refractivity contribution >= 4 is 7.98 Å². The van der Waals surface area contributed by atoms with E-state index in [1.807, 2.05) is 0 Å². The van der Waals surface area contributed by atoms with Gasteiger partial charge in [0.05, 0.1) is 0 Å². The van der Waals surface area contributed by atoms with Gasteiger partial charge in [0.25, 0.3) is 0 Å². The maximum absolute atomic E-state index is 5.52. The van der Waals surface area contributed by atoms with Gasteiger partial charge in [0, 0.05) is 0 Å². The molecule has 2 radical (unpaired) electrons. The molecule has 0 heterocycles. The number of hydrogen-bond donors (Lipinski definition) is 1. The van der Waals surface area contributed by atoms with Crippen molar-refractivity contribution in [2.45, 2.75) is 57.9 Å². The van der Waals surface area contributed by atoms with Crippen molar-refractivity contribution < 1.29 is 0 Å². The van der Waals surface area contributed by atoms with Gasteiger partial charge < -0.3 is 5.23 Å². The van der Waals surface area contributed by atoms with E-state index in [1.54, 1.807) is 0 Å². The van der Waals surface area contributed by atoms with Gasteiger partial charge in [-0.25, -0.2) is 0 Å². The van der Waals surface area contributed by atoms with Crippen molar-refractivity contribution in [3.8, 4) is 0 Å². The second-order valence-corrected chi connectivity index (χ2v) is 3.93. The van der Waals surface area contributed by atoms with Crippen LogP contribution >= 0.6 is 0 Å². The second-order valence-electron chi connectivity index (χ2n) is 3.93. The quantitative estimate of drug-likeness (QED) is 0.500. The molecule has 0 saturated heterocycles. The lowest BCUT2D eigenvalue weighted by atomic mass is 9.89. The zero-order chi connectivity index (χ0) is 8.81. The van der Waals surface area contributed by atoms with Crippen molar-refractivity contribution in [3.63, 3.8) is 0 Å². The molecule has 1 unspecified atom stereocenters. The van der Waals surface area contributed by atoms with Crippen molar-refractivity contribution in [3.05, 3.63) is 0 Å². The van der Waals surface area contributed by atoms with Gasteiger partial charge in [0.15, 0.2) is 7.98 Å². The molecule has 1 rings (SSSR count). The first-order chi connectivity index (χ1) is 5.88. The summed E-state index contributed by atoms with van der Waals surface area (Å²) in [6.07, 6.45) is 9.59. The third kappa shape index (κ3) is 2.82. The fourth-order valence-corrected chi connectivity index (χ4v) is 2.30. The molecule has 0 aliphatic heterocycles. The summed E-state index contributed by atoms with van der Waals surface area (Å²) >= 11 is 0. The predicted molar refractivity (Wildman–Crippen MR) is 54.2 cm³/mol. The van der Waals surface area contributed by atoms with Gasteiger partial charge in [-0.15, -0.1) is 0 Å². The van der Waals surface area contributed by atoms with Gasteiger partial charge in [0.1, 0.15) is 0 Å². The molecule has 2 heteroatoms. The van der Waals surface area contributed by atoms with E-state index in [9.17, 15) is 0 Å².